The highest BCUT2D eigenvalue weighted by molar-refractivity contribution is 5.59. The SMILES string of the molecule is CN(C)c1nccnc1NCc1cccnc1-n1cncn1. The van der Waals surface area contributed by atoms with Crippen molar-refractivity contribution in [1.82, 2.24) is 29.7 Å². The lowest BCUT2D eigenvalue weighted by atomic mass is 10.2. The molecule has 0 fully saturated rings. The molecule has 3 aromatic rings. The van der Waals surface area contributed by atoms with Crippen LogP contribution in [0.4, 0.5) is 11.6 Å². The van der Waals surface area contributed by atoms with Gasteiger partial charge in [0.2, 0.25) is 0 Å². The molecule has 3 aromatic heterocycles. The standard InChI is InChI=1S/C14H16N8/c1-21(2)14-12(16-6-7-18-14)19-8-11-4-3-5-17-13(11)22-10-15-9-20-22/h3-7,9-10H,8H2,1-2H3,(H,16,19). The van der Waals surface area contributed by atoms with Crippen LogP contribution in [0, 0.1) is 0 Å². The lowest BCUT2D eigenvalue weighted by Crippen LogP contribution is -2.15. The van der Waals surface area contributed by atoms with Crippen LogP contribution >= 0.6 is 0 Å². The van der Waals surface area contributed by atoms with Gasteiger partial charge < -0.3 is 10.2 Å². The van der Waals surface area contributed by atoms with E-state index in [1.165, 1.54) is 6.33 Å². The number of hydrogen-bond donors (Lipinski definition) is 1. The van der Waals surface area contributed by atoms with Crippen LogP contribution in [0.15, 0.2) is 43.4 Å². The van der Waals surface area contributed by atoms with Crippen LogP contribution in [0.2, 0.25) is 0 Å². The Morgan fingerprint density at radius 2 is 2.00 bits per heavy atom. The first kappa shape index (κ1) is 13.9. The van der Waals surface area contributed by atoms with Crippen molar-refractivity contribution in [2.45, 2.75) is 6.54 Å². The van der Waals surface area contributed by atoms with Gasteiger partial charge in [-0.3, -0.25) is 0 Å². The molecule has 0 aliphatic rings. The van der Waals surface area contributed by atoms with E-state index in [-0.39, 0.29) is 0 Å². The fourth-order valence-electron chi connectivity index (χ4n) is 2.05. The average Bonchev–Trinajstić information content (AvgIpc) is 3.07. The van der Waals surface area contributed by atoms with Gasteiger partial charge in [0.25, 0.3) is 0 Å². The lowest BCUT2D eigenvalue weighted by molar-refractivity contribution is 0.826. The van der Waals surface area contributed by atoms with Gasteiger partial charge in [-0.15, -0.1) is 0 Å². The number of pyridine rings is 1. The van der Waals surface area contributed by atoms with Crippen LogP contribution in [0.3, 0.4) is 0 Å². The zero-order valence-corrected chi connectivity index (χ0v) is 12.4. The molecule has 0 saturated carbocycles. The van der Waals surface area contributed by atoms with Gasteiger partial charge >= 0.3 is 0 Å². The third kappa shape index (κ3) is 2.85. The minimum Gasteiger partial charge on any atom is -0.363 e. The molecule has 0 saturated heterocycles. The van der Waals surface area contributed by atoms with E-state index in [0.29, 0.717) is 6.54 Å². The number of nitrogens with zero attached hydrogens (tertiary/aromatic N) is 7. The first-order chi connectivity index (χ1) is 10.8. The molecule has 112 valence electrons. The quantitative estimate of drug-likeness (QED) is 0.755. The Hall–Kier alpha value is -3.03. The fraction of sp³-hybridized carbons (Fsp3) is 0.214. The molecule has 0 aliphatic heterocycles. The summed E-state index contributed by atoms with van der Waals surface area (Å²) in [5.41, 5.74) is 0.989. The van der Waals surface area contributed by atoms with Crippen LogP contribution in [-0.4, -0.2) is 43.8 Å². The van der Waals surface area contributed by atoms with Crippen molar-refractivity contribution in [1.29, 1.82) is 0 Å². The number of rotatable bonds is 5. The molecular formula is C14H16N8. The van der Waals surface area contributed by atoms with Crippen LogP contribution < -0.4 is 10.2 Å². The molecule has 0 radical (unpaired) electrons. The fourth-order valence-corrected chi connectivity index (χ4v) is 2.05. The smallest absolute Gasteiger partial charge is 0.171 e. The number of aromatic nitrogens is 6. The minimum atomic E-state index is 0.558. The summed E-state index contributed by atoms with van der Waals surface area (Å²) in [5.74, 6) is 2.25. The summed E-state index contributed by atoms with van der Waals surface area (Å²) < 4.78 is 1.64. The molecule has 0 unspecified atom stereocenters. The van der Waals surface area contributed by atoms with Gasteiger partial charge in [0, 0.05) is 44.8 Å². The number of anilines is 2. The van der Waals surface area contributed by atoms with E-state index in [9.17, 15) is 0 Å². The molecule has 8 nitrogen and oxygen atoms in total. The van der Waals surface area contributed by atoms with Gasteiger partial charge in [-0.05, 0) is 6.07 Å². The lowest BCUT2D eigenvalue weighted by Gasteiger charge is -2.16. The maximum atomic E-state index is 4.36. The first-order valence-electron chi connectivity index (χ1n) is 6.77. The zero-order valence-electron chi connectivity index (χ0n) is 12.4. The van der Waals surface area contributed by atoms with Crippen molar-refractivity contribution in [3.63, 3.8) is 0 Å². The Morgan fingerprint density at radius 1 is 1.14 bits per heavy atom. The normalized spacial score (nSPS) is 10.5. The Morgan fingerprint density at radius 3 is 2.77 bits per heavy atom. The van der Waals surface area contributed by atoms with Crippen molar-refractivity contribution < 1.29 is 0 Å². The average molecular weight is 296 g/mol. The molecule has 8 heteroatoms. The maximum Gasteiger partial charge on any atom is 0.171 e. The summed E-state index contributed by atoms with van der Waals surface area (Å²) in [6.07, 6.45) is 8.18. The van der Waals surface area contributed by atoms with E-state index in [1.54, 1.807) is 29.6 Å². The van der Waals surface area contributed by atoms with E-state index >= 15 is 0 Å². The van der Waals surface area contributed by atoms with Crippen molar-refractivity contribution >= 4 is 11.6 Å². The molecule has 1 N–H and O–H groups in total. The van der Waals surface area contributed by atoms with E-state index in [1.807, 2.05) is 31.1 Å². The van der Waals surface area contributed by atoms with Gasteiger partial charge in [0.05, 0.1) is 0 Å². The van der Waals surface area contributed by atoms with Crippen LogP contribution in [0.25, 0.3) is 5.82 Å². The Labute approximate surface area is 127 Å². The Balaban J connectivity index is 1.84. The van der Waals surface area contributed by atoms with E-state index in [4.69, 9.17) is 0 Å². The third-order valence-corrected chi connectivity index (χ3v) is 3.05. The summed E-state index contributed by atoms with van der Waals surface area (Å²) in [6.45, 7) is 0.558. The number of nitrogens with one attached hydrogen (secondary N) is 1. The Kier molecular flexibility index (Phi) is 3.90. The van der Waals surface area contributed by atoms with Gasteiger partial charge in [-0.1, -0.05) is 6.07 Å². The molecule has 0 bridgehead atoms. The molecular weight excluding hydrogens is 280 g/mol. The minimum absolute atomic E-state index is 0.558. The van der Waals surface area contributed by atoms with Crippen LogP contribution in [0.1, 0.15) is 5.56 Å². The van der Waals surface area contributed by atoms with Gasteiger partial charge in [-0.25, -0.2) is 24.6 Å². The Bertz CT molecular complexity index is 738. The largest absolute Gasteiger partial charge is 0.363 e. The third-order valence-electron chi connectivity index (χ3n) is 3.05. The van der Waals surface area contributed by atoms with Crippen molar-refractivity contribution in [2.24, 2.45) is 0 Å². The predicted octanol–water partition coefficient (Wildman–Crippen LogP) is 1.13. The predicted molar refractivity (Wildman–Crippen MR) is 82.8 cm³/mol. The van der Waals surface area contributed by atoms with Crippen LogP contribution in [0.5, 0.6) is 0 Å². The molecule has 0 atom stereocenters. The second-order valence-corrected chi connectivity index (χ2v) is 4.80. The number of hydrogen-bond acceptors (Lipinski definition) is 7. The molecule has 0 spiro atoms. The van der Waals surface area contributed by atoms with Gasteiger partial charge in [0.15, 0.2) is 17.5 Å². The second-order valence-electron chi connectivity index (χ2n) is 4.80. The van der Waals surface area contributed by atoms with Crippen molar-refractivity contribution in [3.05, 3.63) is 48.9 Å². The summed E-state index contributed by atoms with van der Waals surface area (Å²) >= 11 is 0. The van der Waals surface area contributed by atoms with E-state index < -0.39 is 0 Å². The van der Waals surface area contributed by atoms with Crippen molar-refractivity contribution in [2.75, 3.05) is 24.3 Å². The molecule has 0 aliphatic carbocycles. The summed E-state index contributed by atoms with van der Waals surface area (Å²) in [7, 11) is 3.86. The second kappa shape index (κ2) is 6.17. The summed E-state index contributed by atoms with van der Waals surface area (Å²) in [6, 6.07) is 3.88. The molecule has 3 rings (SSSR count). The highest BCUT2D eigenvalue weighted by Gasteiger charge is 2.10. The maximum absolute atomic E-state index is 4.36. The van der Waals surface area contributed by atoms with Crippen LogP contribution in [-0.2, 0) is 6.54 Å². The highest BCUT2D eigenvalue weighted by atomic mass is 15.3. The van der Waals surface area contributed by atoms with Gasteiger partial charge in [0.1, 0.15) is 12.7 Å². The topological polar surface area (TPSA) is 84.7 Å². The first-order valence-corrected chi connectivity index (χ1v) is 6.77. The highest BCUT2D eigenvalue weighted by Crippen LogP contribution is 2.19. The summed E-state index contributed by atoms with van der Waals surface area (Å²) in [4.78, 5) is 18.9. The van der Waals surface area contributed by atoms with E-state index in [2.05, 4.69) is 30.4 Å². The molecule has 3 heterocycles. The molecule has 0 amide bonds. The monoisotopic (exact) mass is 296 g/mol. The zero-order chi connectivity index (χ0) is 15.4. The molecule has 22 heavy (non-hydrogen) atoms. The van der Waals surface area contributed by atoms with Gasteiger partial charge in [-0.2, -0.15) is 5.10 Å². The summed E-state index contributed by atoms with van der Waals surface area (Å²) in [5, 5.41) is 7.42. The molecule has 0 aromatic carbocycles. The van der Waals surface area contributed by atoms with E-state index in [0.717, 1.165) is 23.0 Å². The van der Waals surface area contributed by atoms with Crippen molar-refractivity contribution in [3.8, 4) is 5.82 Å².